The lowest BCUT2D eigenvalue weighted by Crippen LogP contribution is -2.41. The summed E-state index contributed by atoms with van der Waals surface area (Å²) in [7, 11) is 0. The van der Waals surface area contributed by atoms with Crippen molar-refractivity contribution in [2.75, 3.05) is 13.1 Å². The first-order valence-electron chi connectivity index (χ1n) is 12.2. The van der Waals surface area contributed by atoms with Crippen molar-refractivity contribution in [1.82, 2.24) is 10.2 Å². The first-order valence-corrected chi connectivity index (χ1v) is 12.2. The van der Waals surface area contributed by atoms with Crippen LogP contribution < -0.4 is 10.1 Å². The van der Waals surface area contributed by atoms with Gasteiger partial charge in [-0.25, -0.2) is 0 Å². The number of hydrogen-bond donors (Lipinski definition) is 1. The first kappa shape index (κ1) is 24.8. The molecule has 0 saturated heterocycles. The molecule has 5 heteroatoms. The van der Waals surface area contributed by atoms with Gasteiger partial charge in [-0.05, 0) is 53.5 Å². The minimum atomic E-state index is -0.542. The molecule has 0 bridgehead atoms. The number of rotatable bonds is 9. The maximum absolute atomic E-state index is 13.2. The van der Waals surface area contributed by atoms with Gasteiger partial charge in [0.05, 0.1) is 6.04 Å². The number of nitrogens with zero attached hydrogens (tertiary/aromatic N) is 1. The smallest absolute Gasteiger partial charge is 0.261 e. The number of nitrogens with one attached hydrogen (secondary N) is 1. The molecule has 1 N–H and O–H groups in total. The Kier molecular flexibility index (Phi) is 8.54. The maximum Gasteiger partial charge on any atom is 0.261 e. The highest BCUT2D eigenvalue weighted by Crippen LogP contribution is 2.38. The SMILES string of the molecule is CC[C@@H](Oc1ccc2c(c1)[C@@H](c1ccccc1)N(C(=O)CC(C)C)CC2)C(=O)NCC(C)C. The van der Waals surface area contributed by atoms with Crippen LogP contribution in [-0.4, -0.2) is 35.9 Å². The summed E-state index contributed by atoms with van der Waals surface area (Å²) < 4.78 is 6.15. The highest BCUT2D eigenvalue weighted by molar-refractivity contribution is 5.81. The Labute approximate surface area is 198 Å². The van der Waals surface area contributed by atoms with E-state index in [1.807, 2.05) is 42.2 Å². The van der Waals surface area contributed by atoms with Crippen LogP contribution in [0.2, 0.25) is 0 Å². The van der Waals surface area contributed by atoms with Gasteiger partial charge in [0.2, 0.25) is 5.91 Å². The third-order valence-electron chi connectivity index (χ3n) is 5.99. The van der Waals surface area contributed by atoms with Gasteiger partial charge in [-0.3, -0.25) is 9.59 Å². The van der Waals surface area contributed by atoms with Gasteiger partial charge in [0.15, 0.2) is 6.10 Å². The lowest BCUT2D eigenvalue weighted by atomic mass is 9.87. The van der Waals surface area contributed by atoms with Crippen molar-refractivity contribution in [1.29, 1.82) is 0 Å². The van der Waals surface area contributed by atoms with E-state index in [9.17, 15) is 9.59 Å². The fourth-order valence-electron chi connectivity index (χ4n) is 4.30. The molecule has 1 aliphatic rings. The van der Waals surface area contributed by atoms with Crippen LogP contribution in [0.3, 0.4) is 0 Å². The van der Waals surface area contributed by atoms with Gasteiger partial charge < -0.3 is 15.0 Å². The molecule has 0 aliphatic carbocycles. The third-order valence-corrected chi connectivity index (χ3v) is 5.99. The normalized spacial score (nSPS) is 16.5. The molecule has 1 heterocycles. The summed E-state index contributed by atoms with van der Waals surface area (Å²) in [6.07, 6.45) is 1.39. The van der Waals surface area contributed by atoms with Crippen LogP contribution in [0.4, 0.5) is 0 Å². The van der Waals surface area contributed by atoms with E-state index < -0.39 is 6.10 Å². The minimum Gasteiger partial charge on any atom is -0.481 e. The molecule has 2 atom stereocenters. The summed E-state index contributed by atoms with van der Waals surface area (Å²) >= 11 is 0. The van der Waals surface area contributed by atoms with Crippen molar-refractivity contribution in [2.45, 2.75) is 66.0 Å². The van der Waals surface area contributed by atoms with E-state index in [0.717, 1.165) is 17.5 Å². The van der Waals surface area contributed by atoms with E-state index in [0.29, 0.717) is 43.5 Å². The number of amides is 2. The van der Waals surface area contributed by atoms with Crippen molar-refractivity contribution >= 4 is 11.8 Å². The molecule has 2 aromatic rings. The summed E-state index contributed by atoms with van der Waals surface area (Å²) in [5.74, 6) is 1.45. The summed E-state index contributed by atoms with van der Waals surface area (Å²) in [6.45, 7) is 11.6. The van der Waals surface area contributed by atoms with E-state index in [-0.39, 0.29) is 17.9 Å². The fourth-order valence-corrected chi connectivity index (χ4v) is 4.30. The van der Waals surface area contributed by atoms with Crippen LogP contribution in [0.1, 0.15) is 70.2 Å². The molecule has 2 aromatic carbocycles. The Balaban J connectivity index is 1.91. The van der Waals surface area contributed by atoms with Crippen LogP contribution in [-0.2, 0) is 16.0 Å². The fraction of sp³-hybridized carbons (Fsp3) is 0.500. The van der Waals surface area contributed by atoms with Crippen molar-refractivity contribution in [3.8, 4) is 5.75 Å². The number of hydrogen-bond acceptors (Lipinski definition) is 3. The van der Waals surface area contributed by atoms with Crippen LogP contribution in [0.5, 0.6) is 5.75 Å². The molecule has 2 amide bonds. The molecule has 5 nitrogen and oxygen atoms in total. The highest BCUT2D eigenvalue weighted by Gasteiger charge is 2.32. The Bertz CT molecular complexity index is 939. The maximum atomic E-state index is 13.2. The molecule has 3 rings (SSSR count). The number of ether oxygens (including phenoxy) is 1. The van der Waals surface area contributed by atoms with Gasteiger partial charge in [-0.2, -0.15) is 0 Å². The molecule has 0 unspecified atom stereocenters. The van der Waals surface area contributed by atoms with Gasteiger partial charge in [0.25, 0.3) is 5.91 Å². The quantitative estimate of drug-likeness (QED) is 0.576. The van der Waals surface area contributed by atoms with E-state index in [2.05, 4.69) is 51.2 Å². The molecule has 0 spiro atoms. The highest BCUT2D eigenvalue weighted by atomic mass is 16.5. The second-order valence-corrected chi connectivity index (χ2v) is 9.76. The van der Waals surface area contributed by atoms with Crippen molar-refractivity contribution in [2.24, 2.45) is 11.8 Å². The Morgan fingerprint density at radius 2 is 1.79 bits per heavy atom. The molecule has 1 aliphatic heterocycles. The van der Waals surface area contributed by atoms with Crippen molar-refractivity contribution < 1.29 is 14.3 Å². The van der Waals surface area contributed by atoms with E-state index >= 15 is 0 Å². The standard InChI is InChI=1S/C28H38N2O3/c1-6-25(28(32)29-18-20(4)5)33-23-13-12-21-14-15-30(26(31)16-19(2)3)27(24(21)17-23)22-10-8-7-9-11-22/h7-13,17,19-20,25,27H,6,14-16,18H2,1-5H3,(H,29,32)/t25-,27-/m1/s1. The predicted molar refractivity (Wildman–Crippen MR) is 132 cm³/mol. The van der Waals surface area contributed by atoms with Gasteiger partial charge in [0.1, 0.15) is 5.75 Å². The molecule has 33 heavy (non-hydrogen) atoms. The minimum absolute atomic E-state index is 0.0859. The zero-order valence-corrected chi connectivity index (χ0v) is 20.6. The first-order chi connectivity index (χ1) is 15.8. The molecular weight excluding hydrogens is 412 g/mol. The molecule has 178 valence electrons. The van der Waals surface area contributed by atoms with Crippen LogP contribution in [0.25, 0.3) is 0 Å². The monoisotopic (exact) mass is 450 g/mol. The number of fused-ring (bicyclic) bond motifs is 1. The van der Waals surface area contributed by atoms with Gasteiger partial charge >= 0.3 is 0 Å². The number of benzene rings is 2. The third kappa shape index (κ3) is 6.37. The molecule has 0 aromatic heterocycles. The molecule has 0 fully saturated rings. The molecule has 0 saturated carbocycles. The molecule has 0 radical (unpaired) electrons. The summed E-state index contributed by atoms with van der Waals surface area (Å²) in [5, 5.41) is 2.97. The Hall–Kier alpha value is -2.82. The lowest BCUT2D eigenvalue weighted by molar-refractivity contribution is -0.134. The Morgan fingerprint density at radius 1 is 1.06 bits per heavy atom. The van der Waals surface area contributed by atoms with Crippen LogP contribution in [0.15, 0.2) is 48.5 Å². The van der Waals surface area contributed by atoms with Gasteiger partial charge in [-0.1, -0.05) is 71.0 Å². The van der Waals surface area contributed by atoms with E-state index in [1.165, 1.54) is 5.56 Å². The largest absolute Gasteiger partial charge is 0.481 e. The Morgan fingerprint density at radius 3 is 2.42 bits per heavy atom. The van der Waals surface area contributed by atoms with Crippen molar-refractivity contribution in [3.05, 3.63) is 65.2 Å². The van der Waals surface area contributed by atoms with E-state index in [1.54, 1.807) is 0 Å². The van der Waals surface area contributed by atoms with E-state index in [4.69, 9.17) is 4.74 Å². The predicted octanol–water partition coefficient (Wildman–Crippen LogP) is 5.14. The lowest BCUT2D eigenvalue weighted by Gasteiger charge is -2.38. The van der Waals surface area contributed by atoms with Gasteiger partial charge in [0, 0.05) is 19.5 Å². The average Bonchev–Trinajstić information content (AvgIpc) is 2.80. The number of carbonyl (C=O) groups is 2. The summed E-state index contributed by atoms with van der Waals surface area (Å²) in [6, 6.07) is 16.1. The summed E-state index contributed by atoms with van der Waals surface area (Å²) in [5.41, 5.74) is 3.40. The second-order valence-electron chi connectivity index (χ2n) is 9.76. The van der Waals surface area contributed by atoms with Crippen LogP contribution in [0, 0.1) is 11.8 Å². The zero-order chi connectivity index (χ0) is 24.0. The average molecular weight is 451 g/mol. The topological polar surface area (TPSA) is 58.6 Å². The zero-order valence-electron chi connectivity index (χ0n) is 20.6. The van der Waals surface area contributed by atoms with Crippen LogP contribution >= 0.6 is 0 Å². The second kappa shape index (κ2) is 11.4. The van der Waals surface area contributed by atoms with Crippen molar-refractivity contribution in [3.63, 3.8) is 0 Å². The van der Waals surface area contributed by atoms with Gasteiger partial charge in [-0.15, -0.1) is 0 Å². The molecular formula is C28H38N2O3. The summed E-state index contributed by atoms with van der Waals surface area (Å²) in [4.78, 5) is 27.8. The number of carbonyl (C=O) groups excluding carboxylic acids is 2.